The van der Waals surface area contributed by atoms with Crippen LogP contribution < -0.4 is 14.4 Å². The van der Waals surface area contributed by atoms with Crippen LogP contribution in [0.5, 0.6) is 17.4 Å². The Morgan fingerprint density at radius 2 is 1.69 bits per heavy atom. The number of nitrogens with zero attached hydrogens (tertiary/aromatic N) is 5. The topological polar surface area (TPSA) is 93.9 Å². The highest BCUT2D eigenvalue weighted by Gasteiger charge is 2.27. The Balaban J connectivity index is 1.40. The molecule has 0 saturated carbocycles. The maximum Gasteiger partial charge on any atom is 0.269 e. The third-order valence-corrected chi connectivity index (χ3v) is 6.98. The van der Waals surface area contributed by atoms with Crippen molar-refractivity contribution in [1.29, 1.82) is 0 Å². The number of anilines is 1. The van der Waals surface area contributed by atoms with Gasteiger partial charge in [0.1, 0.15) is 11.5 Å². The summed E-state index contributed by atoms with van der Waals surface area (Å²) in [4.78, 5) is 25.1. The largest absolute Gasteiger partial charge is 0.497 e. The first-order valence-electron chi connectivity index (χ1n) is 12.4. The predicted octanol–water partition coefficient (Wildman–Crippen LogP) is 4.98. The summed E-state index contributed by atoms with van der Waals surface area (Å²) in [6.45, 7) is 6.38. The van der Waals surface area contributed by atoms with E-state index in [0.717, 1.165) is 73.3 Å². The molecule has 0 unspecified atom stereocenters. The van der Waals surface area contributed by atoms with Crippen molar-refractivity contribution in [2.75, 3.05) is 31.6 Å². The molecular weight excluding hydrogens is 458 g/mol. The summed E-state index contributed by atoms with van der Waals surface area (Å²) in [5.74, 6) is 3.52. The Morgan fingerprint density at radius 3 is 2.36 bits per heavy atom. The molecule has 0 spiro atoms. The zero-order valence-electron chi connectivity index (χ0n) is 20.7. The minimum Gasteiger partial charge on any atom is -0.497 e. The number of benzene rings is 2. The lowest BCUT2D eigenvalue weighted by Gasteiger charge is -2.33. The maximum atomic E-state index is 11.0. The minimum absolute atomic E-state index is 0.103. The highest BCUT2D eigenvalue weighted by Crippen LogP contribution is 2.33. The van der Waals surface area contributed by atoms with Gasteiger partial charge < -0.3 is 14.4 Å². The first-order chi connectivity index (χ1) is 17.5. The SMILES string of the molecule is COc1ccc(Oc2nc(N3CCC(C)CC3)nc3c2CN(Cc2ccc([N+](=O)[O-])cc2)CC3)cc1. The normalized spacial score (nSPS) is 16.4. The van der Waals surface area contributed by atoms with Crippen LogP contribution in [0.1, 0.15) is 36.6 Å². The van der Waals surface area contributed by atoms with E-state index < -0.39 is 0 Å². The van der Waals surface area contributed by atoms with Crippen LogP contribution in [0.2, 0.25) is 0 Å². The van der Waals surface area contributed by atoms with E-state index in [1.807, 2.05) is 36.4 Å². The molecule has 0 amide bonds. The molecular formula is C27H31N5O4. The van der Waals surface area contributed by atoms with Crippen molar-refractivity contribution in [3.05, 3.63) is 75.5 Å². The second kappa shape index (κ2) is 10.5. The highest BCUT2D eigenvalue weighted by atomic mass is 16.6. The number of hydrogen-bond donors (Lipinski definition) is 0. The molecule has 36 heavy (non-hydrogen) atoms. The van der Waals surface area contributed by atoms with Crippen molar-refractivity contribution in [2.45, 2.75) is 39.3 Å². The van der Waals surface area contributed by atoms with Crippen LogP contribution in [0.3, 0.4) is 0 Å². The van der Waals surface area contributed by atoms with Gasteiger partial charge in [0, 0.05) is 51.3 Å². The summed E-state index contributed by atoms with van der Waals surface area (Å²) < 4.78 is 11.6. The van der Waals surface area contributed by atoms with Crippen LogP contribution in [0.4, 0.5) is 11.6 Å². The predicted molar refractivity (Wildman–Crippen MR) is 137 cm³/mol. The fourth-order valence-electron chi connectivity index (χ4n) is 4.73. The number of nitro groups is 1. The number of piperidine rings is 1. The van der Waals surface area contributed by atoms with Crippen molar-refractivity contribution < 1.29 is 14.4 Å². The number of rotatable bonds is 7. The number of non-ortho nitro benzene ring substituents is 1. The van der Waals surface area contributed by atoms with E-state index in [1.54, 1.807) is 19.2 Å². The standard InChI is InChI=1S/C27H31N5O4/c1-19-11-15-31(16-12-19)27-28-25-13-14-30(17-20-3-5-21(6-4-20)32(33)34)18-24(25)26(29-27)36-23-9-7-22(35-2)8-10-23/h3-10,19H,11-18H2,1-2H3. The molecule has 0 radical (unpaired) electrons. The Kier molecular flexibility index (Phi) is 6.99. The highest BCUT2D eigenvalue weighted by molar-refractivity contribution is 5.44. The number of hydrogen-bond acceptors (Lipinski definition) is 8. The summed E-state index contributed by atoms with van der Waals surface area (Å²) >= 11 is 0. The van der Waals surface area contributed by atoms with Gasteiger partial charge >= 0.3 is 0 Å². The quantitative estimate of drug-likeness (QED) is 0.339. The Morgan fingerprint density at radius 1 is 1.00 bits per heavy atom. The van der Waals surface area contributed by atoms with Gasteiger partial charge in [-0.2, -0.15) is 4.98 Å². The van der Waals surface area contributed by atoms with E-state index in [1.165, 1.54) is 0 Å². The lowest BCUT2D eigenvalue weighted by molar-refractivity contribution is -0.384. The Labute approximate surface area is 210 Å². The van der Waals surface area contributed by atoms with Gasteiger partial charge in [0.2, 0.25) is 11.8 Å². The summed E-state index contributed by atoms with van der Waals surface area (Å²) in [6, 6.07) is 14.3. The first-order valence-corrected chi connectivity index (χ1v) is 12.4. The molecule has 9 nitrogen and oxygen atoms in total. The van der Waals surface area contributed by atoms with Crippen LogP contribution >= 0.6 is 0 Å². The zero-order chi connectivity index (χ0) is 25.1. The van der Waals surface area contributed by atoms with Gasteiger partial charge in [0.05, 0.1) is 23.3 Å². The lowest BCUT2D eigenvalue weighted by atomic mass is 9.99. The lowest BCUT2D eigenvalue weighted by Crippen LogP contribution is -2.36. The Hall–Kier alpha value is -3.72. The minimum atomic E-state index is -0.373. The molecule has 3 aromatic rings. The van der Waals surface area contributed by atoms with Crippen LogP contribution in [-0.2, 0) is 19.5 Å². The second-order valence-corrected chi connectivity index (χ2v) is 9.59. The fraction of sp³-hybridized carbons (Fsp3) is 0.407. The number of nitro benzene ring substituents is 1. The average Bonchev–Trinajstić information content (AvgIpc) is 2.90. The van der Waals surface area contributed by atoms with E-state index in [0.29, 0.717) is 24.7 Å². The molecule has 2 aromatic carbocycles. The molecule has 0 aliphatic carbocycles. The van der Waals surface area contributed by atoms with Crippen molar-refractivity contribution in [3.8, 4) is 17.4 Å². The average molecular weight is 490 g/mol. The number of aromatic nitrogens is 2. The molecule has 1 aromatic heterocycles. The molecule has 5 rings (SSSR count). The number of ether oxygens (including phenoxy) is 2. The third-order valence-electron chi connectivity index (χ3n) is 6.98. The zero-order valence-corrected chi connectivity index (χ0v) is 20.7. The molecule has 2 aliphatic rings. The number of methoxy groups -OCH3 is 1. The summed E-state index contributed by atoms with van der Waals surface area (Å²) in [5, 5.41) is 11.0. The molecule has 0 bridgehead atoms. The van der Waals surface area contributed by atoms with E-state index in [2.05, 4.69) is 16.7 Å². The van der Waals surface area contributed by atoms with Gasteiger partial charge in [-0.25, -0.2) is 4.98 Å². The van der Waals surface area contributed by atoms with Gasteiger partial charge in [0.15, 0.2) is 0 Å². The van der Waals surface area contributed by atoms with E-state index >= 15 is 0 Å². The molecule has 3 heterocycles. The van der Waals surface area contributed by atoms with E-state index in [9.17, 15) is 10.1 Å². The maximum absolute atomic E-state index is 11.0. The van der Waals surface area contributed by atoms with Crippen molar-refractivity contribution in [3.63, 3.8) is 0 Å². The van der Waals surface area contributed by atoms with Crippen molar-refractivity contribution >= 4 is 11.6 Å². The Bertz CT molecular complexity index is 1210. The summed E-state index contributed by atoms with van der Waals surface area (Å²) in [7, 11) is 1.64. The van der Waals surface area contributed by atoms with Gasteiger partial charge in [0.25, 0.3) is 5.69 Å². The molecule has 0 atom stereocenters. The smallest absolute Gasteiger partial charge is 0.269 e. The van der Waals surface area contributed by atoms with Crippen LogP contribution in [0.15, 0.2) is 48.5 Å². The molecule has 1 fully saturated rings. The van der Waals surface area contributed by atoms with E-state index in [-0.39, 0.29) is 10.6 Å². The second-order valence-electron chi connectivity index (χ2n) is 9.59. The van der Waals surface area contributed by atoms with Gasteiger partial charge in [-0.1, -0.05) is 19.1 Å². The third kappa shape index (κ3) is 5.41. The van der Waals surface area contributed by atoms with Crippen LogP contribution in [0, 0.1) is 16.0 Å². The van der Waals surface area contributed by atoms with Gasteiger partial charge in [-0.05, 0) is 48.6 Å². The van der Waals surface area contributed by atoms with Gasteiger partial charge in [-0.3, -0.25) is 15.0 Å². The van der Waals surface area contributed by atoms with Crippen LogP contribution in [-0.4, -0.2) is 46.5 Å². The van der Waals surface area contributed by atoms with E-state index in [4.69, 9.17) is 19.4 Å². The molecule has 9 heteroatoms. The summed E-state index contributed by atoms with van der Waals surface area (Å²) in [5.41, 5.74) is 3.16. The van der Waals surface area contributed by atoms with Crippen LogP contribution in [0.25, 0.3) is 0 Å². The molecule has 1 saturated heterocycles. The van der Waals surface area contributed by atoms with Crippen molar-refractivity contribution in [1.82, 2.24) is 14.9 Å². The molecule has 2 aliphatic heterocycles. The molecule has 0 N–H and O–H groups in total. The van der Waals surface area contributed by atoms with Gasteiger partial charge in [-0.15, -0.1) is 0 Å². The number of fused-ring (bicyclic) bond motifs is 1. The monoisotopic (exact) mass is 489 g/mol. The van der Waals surface area contributed by atoms with Crippen molar-refractivity contribution in [2.24, 2.45) is 5.92 Å². The summed E-state index contributed by atoms with van der Waals surface area (Å²) in [6.07, 6.45) is 3.07. The first kappa shape index (κ1) is 24.0. The molecule has 188 valence electrons. The fourth-order valence-corrected chi connectivity index (χ4v) is 4.73.